The number of anilines is 2. The predicted molar refractivity (Wildman–Crippen MR) is 126 cm³/mol. The Kier molecular flexibility index (Phi) is 6.77. The first-order valence-corrected chi connectivity index (χ1v) is 10.9. The molecule has 3 aromatic rings. The van der Waals surface area contributed by atoms with E-state index in [9.17, 15) is 18.4 Å². The number of nitrogens with zero attached hydrogens (tertiary/aromatic N) is 2. The molecule has 1 N–H and O–H groups in total. The lowest BCUT2D eigenvalue weighted by Gasteiger charge is -2.36. The highest BCUT2D eigenvalue weighted by molar-refractivity contribution is 6.07. The van der Waals surface area contributed by atoms with Gasteiger partial charge in [0.2, 0.25) is 0 Å². The maximum atomic E-state index is 14.2. The average Bonchev–Trinajstić information content (AvgIpc) is 2.83. The molecule has 4 rings (SSSR count). The van der Waals surface area contributed by atoms with Crippen molar-refractivity contribution in [3.8, 4) is 5.75 Å². The summed E-state index contributed by atoms with van der Waals surface area (Å²) >= 11 is 0. The predicted octanol–water partition coefficient (Wildman–Crippen LogP) is 5.37. The van der Waals surface area contributed by atoms with Crippen molar-refractivity contribution in [3.63, 3.8) is 0 Å². The van der Waals surface area contributed by atoms with Gasteiger partial charge < -0.3 is 15.0 Å². The van der Waals surface area contributed by atoms with E-state index in [0.29, 0.717) is 42.2 Å². The van der Waals surface area contributed by atoms with Gasteiger partial charge >= 0.3 is 6.03 Å². The fourth-order valence-electron chi connectivity index (χ4n) is 3.95. The second kappa shape index (κ2) is 9.91. The zero-order valence-corrected chi connectivity index (χ0v) is 19.0. The van der Waals surface area contributed by atoms with Crippen LogP contribution >= 0.6 is 0 Å². The van der Waals surface area contributed by atoms with Crippen LogP contribution in [-0.4, -0.2) is 37.0 Å². The van der Waals surface area contributed by atoms with Crippen molar-refractivity contribution in [1.82, 2.24) is 4.90 Å². The number of benzene rings is 3. The second-order valence-electron chi connectivity index (χ2n) is 8.11. The van der Waals surface area contributed by atoms with Gasteiger partial charge in [-0.25, -0.2) is 13.6 Å². The molecule has 1 saturated heterocycles. The van der Waals surface area contributed by atoms with E-state index in [1.807, 2.05) is 13.0 Å². The molecule has 0 aromatic heterocycles. The molecular weight excluding hydrogens is 440 g/mol. The van der Waals surface area contributed by atoms with Crippen molar-refractivity contribution in [2.24, 2.45) is 0 Å². The molecule has 6 nitrogen and oxygen atoms in total. The molecule has 0 saturated carbocycles. The van der Waals surface area contributed by atoms with E-state index in [2.05, 4.69) is 5.32 Å². The molecule has 1 fully saturated rings. The highest BCUT2D eigenvalue weighted by Gasteiger charge is 2.30. The zero-order chi connectivity index (χ0) is 24.2. The van der Waals surface area contributed by atoms with Gasteiger partial charge in [0.05, 0.1) is 25.0 Å². The van der Waals surface area contributed by atoms with Crippen molar-refractivity contribution >= 4 is 23.3 Å². The van der Waals surface area contributed by atoms with Gasteiger partial charge in [0.1, 0.15) is 17.4 Å². The number of rotatable bonds is 6. The molecule has 1 heterocycles. The minimum Gasteiger partial charge on any atom is -0.497 e. The molecule has 176 valence electrons. The molecule has 3 aromatic carbocycles. The molecule has 1 aliphatic rings. The molecule has 0 spiro atoms. The monoisotopic (exact) mass is 465 g/mol. The van der Waals surface area contributed by atoms with Crippen molar-refractivity contribution in [2.75, 3.05) is 30.4 Å². The number of hydrogen-bond acceptors (Lipinski definition) is 3. The number of amides is 3. The standard InChI is InChI=1S/C26H25F2N3O3/c1-17-7-12-24(23(15-17)29-25(32)18-8-10-19(34-2)11-9-18)31-14-4-13-30(26(31)33)16-20-21(27)5-3-6-22(20)28/h3,5-12,15H,4,13-14,16H2,1-2H3,(H,29,32). The van der Waals surface area contributed by atoms with Gasteiger partial charge in [-0.3, -0.25) is 9.69 Å². The van der Waals surface area contributed by atoms with Crippen LogP contribution in [0, 0.1) is 18.6 Å². The number of ether oxygens (including phenoxy) is 1. The lowest BCUT2D eigenvalue weighted by molar-refractivity contribution is 0.102. The van der Waals surface area contributed by atoms with Crippen LogP contribution < -0.4 is 15.0 Å². The first kappa shape index (κ1) is 23.2. The highest BCUT2D eigenvalue weighted by atomic mass is 19.1. The topological polar surface area (TPSA) is 61.9 Å². The Bertz CT molecular complexity index is 1190. The van der Waals surface area contributed by atoms with Gasteiger partial charge in [-0.05, 0) is 67.4 Å². The summed E-state index contributed by atoms with van der Waals surface area (Å²) in [5, 5.41) is 2.89. The van der Waals surface area contributed by atoms with E-state index in [1.165, 1.54) is 28.0 Å². The summed E-state index contributed by atoms with van der Waals surface area (Å²) in [5.41, 5.74) is 2.21. The Balaban J connectivity index is 1.58. The summed E-state index contributed by atoms with van der Waals surface area (Å²) in [4.78, 5) is 29.1. The molecule has 3 amide bonds. The number of nitrogens with one attached hydrogen (secondary N) is 1. The first-order valence-electron chi connectivity index (χ1n) is 10.9. The summed E-state index contributed by atoms with van der Waals surface area (Å²) in [6.07, 6.45) is 0.613. The van der Waals surface area contributed by atoms with Crippen LogP contribution in [0.25, 0.3) is 0 Å². The van der Waals surface area contributed by atoms with E-state index in [0.717, 1.165) is 5.56 Å². The summed E-state index contributed by atoms with van der Waals surface area (Å²) in [6, 6.07) is 15.4. The van der Waals surface area contributed by atoms with Gasteiger partial charge in [0, 0.05) is 24.2 Å². The fourth-order valence-corrected chi connectivity index (χ4v) is 3.95. The molecule has 0 bridgehead atoms. The lowest BCUT2D eigenvalue weighted by Crippen LogP contribution is -2.49. The summed E-state index contributed by atoms with van der Waals surface area (Å²) in [6.45, 7) is 2.51. The summed E-state index contributed by atoms with van der Waals surface area (Å²) < 4.78 is 33.5. The number of aryl methyl sites for hydroxylation is 1. The normalized spacial score (nSPS) is 13.7. The third-order valence-corrected chi connectivity index (χ3v) is 5.77. The highest BCUT2D eigenvalue weighted by Crippen LogP contribution is 2.31. The molecule has 0 aliphatic carbocycles. The van der Waals surface area contributed by atoms with Crippen LogP contribution in [-0.2, 0) is 6.54 Å². The largest absolute Gasteiger partial charge is 0.497 e. The quantitative estimate of drug-likeness (QED) is 0.533. The van der Waals surface area contributed by atoms with Crippen LogP contribution in [0.2, 0.25) is 0 Å². The Morgan fingerprint density at radius 1 is 1.03 bits per heavy atom. The Labute approximate surface area is 196 Å². The average molecular weight is 466 g/mol. The van der Waals surface area contributed by atoms with Crippen LogP contribution in [0.4, 0.5) is 25.0 Å². The lowest BCUT2D eigenvalue weighted by atomic mass is 10.1. The van der Waals surface area contributed by atoms with Crippen molar-refractivity contribution in [2.45, 2.75) is 19.9 Å². The van der Waals surface area contributed by atoms with Gasteiger partial charge in [0.25, 0.3) is 5.91 Å². The first-order chi connectivity index (χ1) is 16.4. The minimum atomic E-state index is -0.687. The molecule has 0 radical (unpaired) electrons. The number of methoxy groups -OCH3 is 1. The molecule has 8 heteroatoms. The van der Waals surface area contributed by atoms with E-state index in [-0.39, 0.29) is 24.0 Å². The maximum absolute atomic E-state index is 14.2. The van der Waals surface area contributed by atoms with Crippen LogP contribution in [0.15, 0.2) is 60.7 Å². The second-order valence-corrected chi connectivity index (χ2v) is 8.11. The van der Waals surface area contributed by atoms with Gasteiger partial charge in [-0.2, -0.15) is 0 Å². The molecule has 34 heavy (non-hydrogen) atoms. The third kappa shape index (κ3) is 4.85. The van der Waals surface area contributed by atoms with E-state index >= 15 is 0 Å². The Morgan fingerprint density at radius 3 is 2.41 bits per heavy atom. The Hall–Kier alpha value is -3.94. The van der Waals surface area contributed by atoms with Crippen LogP contribution in [0.1, 0.15) is 27.9 Å². The van der Waals surface area contributed by atoms with E-state index in [4.69, 9.17) is 4.74 Å². The number of carbonyl (C=O) groups is 2. The smallest absolute Gasteiger partial charge is 0.324 e. The van der Waals surface area contributed by atoms with Gasteiger partial charge in [0.15, 0.2) is 0 Å². The minimum absolute atomic E-state index is 0.144. The van der Waals surface area contributed by atoms with E-state index in [1.54, 1.807) is 43.5 Å². The zero-order valence-electron chi connectivity index (χ0n) is 19.0. The molecular formula is C26H25F2N3O3. The fraction of sp³-hybridized carbons (Fsp3) is 0.231. The van der Waals surface area contributed by atoms with Crippen molar-refractivity contribution < 1.29 is 23.1 Å². The molecule has 1 aliphatic heterocycles. The number of halogens is 2. The molecule has 0 atom stereocenters. The van der Waals surface area contributed by atoms with Crippen LogP contribution in [0.5, 0.6) is 5.75 Å². The van der Waals surface area contributed by atoms with Crippen molar-refractivity contribution in [1.29, 1.82) is 0 Å². The maximum Gasteiger partial charge on any atom is 0.324 e. The van der Waals surface area contributed by atoms with Crippen molar-refractivity contribution in [3.05, 3.63) is 89.0 Å². The Morgan fingerprint density at radius 2 is 1.74 bits per heavy atom. The summed E-state index contributed by atoms with van der Waals surface area (Å²) in [7, 11) is 1.55. The molecule has 0 unspecified atom stereocenters. The number of urea groups is 1. The SMILES string of the molecule is COc1ccc(C(=O)Nc2cc(C)ccc2N2CCCN(Cc3c(F)cccc3F)C2=O)cc1. The number of hydrogen-bond donors (Lipinski definition) is 1. The number of carbonyl (C=O) groups excluding carboxylic acids is 2. The third-order valence-electron chi connectivity index (χ3n) is 5.77. The van der Waals surface area contributed by atoms with Gasteiger partial charge in [-0.15, -0.1) is 0 Å². The van der Waals surface area contributed by atoms with Gasteiger partial charge in [-0.1, -0.05) is 12.1 Å². The summed E-state index contributed by atoms with van der Waals surface area (Å²) in [5.74, 6) is -1.07. The van der Waals surface area contributed by atoms with E-state index < -0.39 is 11.6 Å². The van der Waals surface area contributed by atoms with Crippen LogP contribution in [0.3, 0.4) is 0 Å².